The summed E-state index contributed by atoms with van der Waals surface area (Å²) in [6.07, 6.45) is -10.9. The summed E-state index contributed by atoms with van der Waals surface area (Å²) in [7, 11) is 0. The Morgan fingerprint density at radius 1 is 1.20 bits per heavy atom. The van der Waals surface area contributed by atoms with Gasteiger partial charge in [-0.3, -0.25) is 0 Å². The molecule has 0 radical (unpaired) electrons. The normalized spacial score (nSPS) is 33.2. The van der Waals surface area contributed by atoms with E-state index in [1.165, 1.54) is 0 Å². The van der Waals surface area contributed by atoms with E-state index in [2.05, 4.69) is 6.58 Å². The molecule has 9 heteroatoms. The third-order valence-corrected chi connectivity index (χ3v) is 5.36. The quantitative estimate of drug-likeness (QED) is 0.457. The van der Waals surface area contributed by atoms with Crippen LogP contribution < -0.4 is 0 Å². The van der Waals surface area contributed by atoms with E-state index in [1.54, 1.807) is 6.92 Å². The second-order valence-electron chi connectivity index (χ2n) is 7.40. The van der Waals surface area contributed by atoms with E-state index in [4.69, 9.17) is 4.74 Å². The molecule has 144 valence electrons. The van der Waals surface area contributed by atoms with Crippen molar-refractivity contribution in [2.75, 3.05) is 0 Å². The monoisotopic (exact) mass is 374 g/mol. The number of esters is 1. The third kappa shape index (κ3) is 3.80. The van der Waals surface area contributed by atoms with Crippen molar-refractivity contribution >= 4 is 5.97 Å². The van der Waals surface area contributed by atoms with Crippen LogP contribution in [0, 0.1) is 17.8 Å². The summed E-state index contributed by atoms with van der Waals surface area (Å²) in [5.41, 5.74) is -5.67. The third-order valence-electron chi connectivity index (χ3n) is 5.36. The van der Waals surface area contributed by atoms with E-state index >= 15 is 0 Å². The molecule has 4 atom stereocenters. The number of halogens is 6. The van der Waals surface area contributed by atoms with Crippen LogP contribution in [0.5, 0.6) is 0 Å². The standard InChI is InChI=1S/C16H20F6O3/c1-3-12(23)25-13(2)6-9-4-10(7-13)11(5-9)8-14(24,15(17,18)19)16(20,21)22/h3,9-11,24H,1,4-8H2,2H3. The molecule has 2 rings (SSSR count). The molecule has 4 unspecified atom stereocenters. The Hall–Kier alpha value is -1.25. The summed E-state index contributed by atoms with van der Waals surface area (Å²) in [6.45, 7) is 4.89. The van der Waals surface area contributed by atoms with Gasteiger partial charge in [0, 0.05) is 6.08 Å². The second-order valence-corrected chi connectivity index (χ2v) is 7.40. The Morgan fingerprint density at radius 2 is 1.76 bits per heavy atom. The van der Waals surface area contributed by atoms with Crippen LogP contribution in [-0.2, 0) is 9.53 Å². The highest BCUT2D eigenvalue weighted by atomic mass is 19.4. The van der Waals surface area contributed by atoms with E-state index in [0.717, 1.165) is 6.08 Å². The summed E-state index contributed by atoms with van der Waals surface area (Å²) in [5.74, 6) is -2.24. The van der Waals surface area contributed by atoms with Gasteiger partial charge in [-0.1, -0.05) is 6.58 Å². The first kappa shape index (κ1) is 20.1. The van der Waals surface area contributed by atoms with Gasteiger partial charge in [-0.15, -0.1) is 0 Å². The Bertz CT molecular complexity index is 527. The van der Waals surface area contributed by atoms with Crippen LogP contribution in [0.2, 0.25) is 0 Å². The van der Waals surface area contributed by atoms with Crippen LogP contribution in [0.3, 0.4) is 0 Å². The zero-order chi connectivity index (χ0) is 19.3. The van der Waals surface area contributed by atoms with Crippen molar-refractivity contribution in [1.82, 2.24) is 0 Å². The topological polar surface area (TPSA) is 46.5 Å². The molecule has 2 fully saturated rings. The number of aliphatic hydroxyl groups is 1. The summed E-state index contributed by atoms with van der Waals surface area (Å²) in [4.78, 5) is 11.4. The molecule has 3 nitrogen and oxygen atoms in total. The molecule has 0 saturated heterocycles. The van der Waals surface area contributed by atoms with Crippen molar-refractivity contribution < 1.29 is 41.0 Å². The van der Waals surface area contributed by atoms with Crippen LogP contribution in [0.25, 0.3) is 0 Å². The first-order chi connectivity index (χ1) is 11.2. The number of hydrogen-bond acceptors (Lipinski definition) is 3. The summed E-state index contributed by atoms with van der Waals surface area (Å²) < 4.78 is 82.8. The first-order valence-corrected chi connectivity index (χ1v) is 7.92. The maximum atomic E-state index is 12.9. The van der Waals surface area contributed by atoms with Gasteiger partial charge < -0.3 is 9.84 Å². The second kappa shape index (κ2) is 6.17. The van der Waals surface area contributed by atoms with E-state index in [0.29, 0.717) is 12.8 Å². The minimum atomic E-state index is -5.81. The SMILES string of the molecule is C=CC(=O)OC1(C)CC2CC(C1)C(CC(O)(C(F)(F)F)C(F)(F)F)C2. The lowest BCUT2D eigenvalue weighted by Gasteiger charge is -2.39. The van der Waals surface area contributed by atoms with Gasteiger partial charge in [-0.2, -0.15) is 26.3 Å². The van der Waals surface area contributed by atoms with Gasteiger partial charge in [0.15, 0.2) is 0 Å². The maximum absolute atomic E-state index is 12.9. The van der Waals surface area contributed by atoms with Gasteiger partial charge >= 0.3 is 18.3 Å². The largest absolute Gasteiger partial charge is 0.456 e. The Labute approximate surface area is 141 Å². The highest BCUT2D eigenvalue weighted by Crippen LogP contribution is 2.56. The van der Waals surface area contributed by atoms with Crippen molar-refractivity contribution in [3.63, 3.8) is 0 Å². The van der Waals surface area contributed by atoms with Crippen LogP contribution in [0.4, 0.5) is 26.3 Å². The van der Waals surface area contributed by atoms with Crippen molar-refractivity contribution in [3.8, 4) is 0 Å². The number of carbonyl (C=O) groups excluding carboxylic acids is 1. The van der Waals surface area contributed by atoms with Gasteiger partial charge in [0.2, 0.25) is 0 Å². The molecule has 0 aromatic carbocycles. The van der Waals surface area contributed by atoms with Crippen LogP contribution in [0.1, 0.15) is 39.0 Å². The smallest absolute Gasteiger partial charge is 0.426 e. The molecule has 0 aromatic heterocycles. The molecule has 2 saturated carbocycles. The van der Waals surface area contributed by atoms with Gasteiger partial charge in [0.1, 0.15) is 5.60 Å². The van der Waals surface area contributed by atoms with Crippen molar-refractivity contribution in [2.45, 2.75) is 62.6 Å². The van der Waals surface area contributed by atoms with E-state index in [-0.39, 0.29) is 18.8 Å². The Kier molecular flexibility index (Phi) is 4.96. The molecule has 1 N–H and O–H groups in total. The predicted molar refractivity (Wildman–Crippen MR) is 75.3 cm³/mol. The first-order valence-electron chi connectivity index (χ1n) is 7.92. The molecular formula is C16H20F6O3. The number of rotatable bonds is 4. The van der Waals surface area contributed by atoms with E-state index in [9.17, 15) is 36.2 Å². The van der Waals surface area contributed by atoms with Crippen molar-refractivity contribution in [2.24, 2.45) is 17.8 Å². The Balaban J connectivity index is 2.18. The van der Waals surface area contributed by atoms with Crippen LogP contribution in [-0.4, -0.2) is 34.6 Å². The molecule has 0 aromatic rings. The van der Waals surface area contributed by atoms with Gasteiger partial charge in [-0.25, -0.2) is 4.79 Å². The van der Waals surface area contributed by atoms with Gasteiger partial charge in [0.25, 0.3) is 5.60 Å². The van der Waals surface area contributed by atoms with E-state index in [1.807, 2.05) is 0 Å². The number of fused-ring (bicyclic) bond motifs is 2. The predicted octanol–water partition coefficient (Wildman–Crippen LogP) is 4.16. The zero-order valence-electron chi connectivity index (χ0n) is 13.6. The zero-order valence-corrected chi connectivity index (χ0v) is 13.6. The van der Waals surface area contributed by atoms with E-state index < -0.39 is 47.8 Å². The minimum Gasteiger partial charge on any atom is -0.456 e. The highest BCUT2D eigenvalue weighted by molar-refractivity contribution is 5.81. The molecule has 25 heavy (non-hydrogen) atoms. The molecule has 2 aliphatic carbocycles. The molecule has 0 amide bonds. The molecule has 0 aliphatic heterocycles. The van der Waals surface area contributed by atoms with Crippen LogP contribution in [0.15, 0.2) is 12.7 Å². The number of hydrogen-bond donors (Lipinski definition) is 1. The fraction of sp³-hybridized carbons (Fsp3) is 0.812. The lowest BCUT2D eigenvalue weighted by Crippen LogP contribution is -2.58. The summed E-state index contributed by atoms with van der Waals surface area (Å²) >= 11 is 0. The highest BCUT2D eigenvalue weighted by Gasteiger charge is 2.71. The molecule has 2 bridgehead atoms. The lowest BCUT2D eigenvalue weighted by molar-refractivity contribution is -0.373. The van der Waals surface area contributed by atoms with Crippen molar-refractivity contribution in [1.29, 1.82) is 0 Å². The fourth-order valence-corrected chi connectivity index (χ4v) is 4.39. The van der Waals surface area contributed by atoms with Gasteiger partial charge in [-0.05, 0) is 56.8 Å². The molecule has 0 heterocycles. The number of alkyl halides is 6. The summed E-state index contributed by atoms with van der Waals surface area (Å²) in [6, 6.07) is 0. The fourth-order valence-electron chi connectivity index (χ4n) is 4.39. The lowest BCUT2D eigenvalue weighted by atomic mass is 9.75. The molecular weight excluding hydrogens is 354 g/mol. The number of ether oxygens (including phenoxy) is 1. The van der Waals surface area contributed by atoms with Crippen molar-refractivity contribution in [3.05, 3.63) is 12.7 Å². The summed E-state index contributed by atoms with van der Waals surface area (Å²) in [5, 5.41) is 9.43. The molecule has 2 aliphatic rings. The average Bonchev–Trinajstić information content (AvgIpc) is 2.70. The maximum Gasteiger partial charge on any atom is 0.426 e. The Morgan fingerprint density at radius 3 is 2.24 bits per heavy atom. The van der Waals surface area contributed by atoms with Crippen LogP contribution >= 0.6 is 0 Å². The number of carbonyl (C=O) groups is 1. The minimum absolute atomic E-state index is 0.139. The van der Waals surface area contributed by atoms with Gasteiger partial charge in [0.05, 0.1) is 0 Å². The molecule has 0 spiro atoms. The average molecular weight is 374 g/mol.